The second-order valence-electron chi connectivity index (χ2n) is 3.82. The Hall–Kier alpha value is -0.790. The number of hydrogen-bond acceptors (Lipinski definition) is 2. The van der Waals surface area contributed by atoms with Crippen LogP contribution in [-0.4, -0.2) is 10.9 Å². The molecule has 0 aromatic rings. The summed E-state index contributed by atoms with van der Waals surface area (Å²) >= 11 is 0. The van der Waals surface area contributed by atoms with Crippen molar-refractivity contribution < 1.29 is 5.21 Å². The van der Waals surface area contributed by atoms with Gasteiger partial charge in [-0.1, -0.05) is 24.2 Å². The van der Waals surface area contributed by atoms with Gasteiger partial charge in [0.1, 0.15) is 0 Å². The minimum Gasteiger partial charge on any atom is -0.411 e. The van der Waals surface area contributed by atoms with Gasteiger partial charge >= 0.3 is 0 Å². The molecule has 1 aliphatic rings. The predicted molar refractivity (Wildman–Crippen MR) is 50.5 cm³/mol. The number of allylic oxidation sites excluding steroid dienone is 1. The highest BCUT2D eigenvalue weighted by atomic mass is 16.4. The Balaban J connectivity index is 2.62. The van der Waals surface area contributed by atoms with Crippen LogP contribution in [0.3, 0.4) is 0 Å². The Labute approximate surface area is 74.0 Å². The van der Waals surface area contributed by atoms with E-state index in [0.29, 0.717) is 11.8 Å². The molecule has 0 spiro atoms. The van der Waals surface area contributed by atoms with E-state index in [1.54, 1.807) is 0 Å². The lowest BCUT2D eigenvalue weighted by Gasteiger charge is -2.27. The fraction of sp³-hybridized carbons (Fsp3) is 0.700. The first-order chi connectivity index (χ1) is 5.65. The second kappa shape index (κ2) is 3.74. The van der Waals surface area contributed by atoms with Crippen LogP contribution in [0, 0.1) is 11.8 Å². The molecule has 68 valence electrons. The molecule has 1 N–H and O–H groups in total. The Morgan fingerprint density at radius 2 is 2.25 bits per heavy atom. The lowest BCUT2D eigenvalue weighted by atomic mass is 9.79. The van der Waals surface area contributed by atoms with Crippen molar-refractivity contribution in [3.63, 3.8) is 0 Å². The number of hydrogen-bond donors (Lipinski definition) is 1. The first-order valence-corrected chi connectivity index (χ1v) is 4.51. The topological polar surface area (TPSA) is 32.6 Å². The lowest BCUT2D eigenvalue weighted by molar-refractivity contribution is 0.306. The molecule has 2 heteroatoms. The maximum Gasteiger partial charge on any atom is 0.0604 e. The van der Waals surface area contributed by atoms with E-state index in [9.17, 15) is 0 Å². The minimum atomic E-state index is 0.450. The molecule has 1 fully saturated rings. The average Bonchev–Trinajstić information content (AvgIpc) is 2.05. The molecule has 2 atom stereocenters. The van der Waals surface area contributed by atoms with Crippen LogP contribution in [0.1, 0.15) is 33.1 Å². The quantitative estimate of drug-likeness (QED) is 0.363. The summed E-state index contributed by atoms with van der Waals surface area (Å²) in [5, 5.41) is 12.1. The van der Waals surface area contributed by atoms with E-state index in [0.717, 1.165) is 18.6 Å². The summed E-state index contributed by atoms with van der Waals surface area (Å²) in [5.41, 5.74) is 2.15. The molecule has 0 unspecified atom stereocenters. The van der Waals surface area contributed by atoms with Crippen LogP contribution in [0.4, 0.5) is 0 Å². The molecule has 1 aliphatic carbocycles. The number of oxime groups is 1. The smallest absolute Gasteiger partial charge is 0.0604 e. The molecule has 0 radical (unpaired) electrons. The zero-order valence-corrected chi connectivity index (χ0v) is 7.88. The van der Waals surface area contributed by atoms with Crippen molar-refractivity contribution in [3.8, 4) is 0 Å². The van der Waals surface area contributed by atoms with Gasteiger partial charge in [0.2, 0.25) is 0 Å². The van der Waals surface area contributed by atoms with Crippen molar-refractivity contribution in [1.82, 2.24) is 0 Å². The van der Waals surface area contributed by atoms with Gasteiger partial charge in [0.15, 0.2) is 0 Å². The third kappa shape index (κ3) is 1.87. The maximum absolute atomic E-state index is 8.72. The lowest BCUT2D eigenvalue weighted by Crippen LogP contribution is -2.23. The molecule has 0 bridgehead atoms. The van der Waals surface area contributed by atoms with E-state index in [1.165, 1.54) is 12.0 Å². The van der Waals surface area contributed by atoms with Crippen LogP contribution in [0.15, 0.2) is 17.3 Å². The van der Waals surface area contributed by atoms with Gasteiger partial charge in [-0.05, 0) is 38.0 Å². The highest BCUT2D eigenvalue weighted by Crippen LogP contribution is 2.30. The van der Waals surface area contributed by atoms with E-state index < -0.39 is 0 Å². The summed E-state index contributed by atoms with van der Waals surface area (Å²) < 4.78 is 0. The van der Waals surface area contributed by atoms with E-state index in [1.807, 2.05) is 0 Å². The first kappa shape index (κ1) is 9.30. The van der Waals surface area contributed by atoms with E-state index >= 15 is 0 Å². The van der Waals surface area contributed by atoms with Crippen molar-refractivity contribution in [2.75, 3.05) is 0 Å². The second-order valence-corrected chi connectivity index (χ2v) is 3.82. The fourth-order valence-corrected chi connectivity index (χ4v) is 1.73. The molecule has 0 aromatic heterocycles. The monoisotopic (exact) mass is 167 g/mol. The summed E-state index contributed by atoms with van der Waals surface area (Å²) in [6.45, 7) is 8.10. The molecule has 0 aromatic carbocycles. The summed E-state index contributed by atoms with van der Waals surface area (Å²) in [6.07, 6.45) is 3.21. The van der Waals surface area contributed by atoms with Crippen molar-refractivity contribution in [2.45, 2.75) is 33.1 Å². The molecule has 2 nitrogen and oxygen atoms in total. The van der Waals surface area contributed by atoms with Crippen LogP contribution >= 0.6 is 0 Å². The predicted octanol–water partition coefficient (Wildman–Crippen LogP) is 2.83. The third-order valence-electron chi connectivity index (χ3n) is 2.80. The first-order valence-electron chi connectivity index (χ1n) is 4.51. The molecule has 1 rings (SSSR count). The number of nitrogens with zero attached hydrogens (tertiary/aromatic N) is 1. The van der Waals surface area contributed by atoms with Crippen LogP contribution in [0.5, 0.6) is 0 Å². The van der Waals surface area contributed by atoms with Gasteiger partial charge < -0.3 is 5.21 Å². The maximum atomic E-state index is 8.72. The Bertz CT molecular complexity index is 208. The van der Waals surface area contributed by atoms with Crippen LogP contribution in [0.2, 0.25) is 0 Å². The fourth-order valence-electron chi connectivity index (χ4n) is 1.73. The largest absolute Gasteiger partial charge is 0.411 e. The zero-order valence-electron chi connectivity index (χ0n) is 7.88. The number of rotatable bonds is 1. The molecule has 0 heterocycles. The molecule has 0 aliphatic heterocycles. The van der Waals surface area contributed by atoms with Crippen molar-refractivity contribution >= 4 is 5.71 Å². The molecular formula is C10H17NO. The molecule has 0 amide bonds. The van der Waals surface area contributed by atoms with Gasteiger partial charge in [0.05, 0.1) is 5.71 Å². The normalized spacial score (nSPS) is 33.7. The van der Waals surface area contributed by atoms with Crippen LogP contribution in [-0.2, 0) is 0 Å². The van der Waals surface area contributed by atoms with Gasteiger partial charge in [-0.2, -0.15) is 0 Å². The molecular weight excluding hydrogens is 150 g/mol. The van der Waals surface area contributed by atoms with Crippen LogP contribution in [0.25, 0.3) is 0 Å². The standard InChI is InChI=1S/C10H17NO/c1-7(2)9-5-4-8(3)10(6-9)11-12/h8-9,12H,1,4-6H2,2-3H3/b11-10+/t8-,9+/m0/s1. The average molecular weight is 167 g/mol. The third-order valence-corrected chi connectivity index (χ3v) is 2.80. The Kier molecular flexibility index (Phi) is 2.90. The van der Waals surface area contributed by atoms with Gasteiger partial charge in [0, 0.05) is 0 Å². The van der Waals surface area contributed by atoms with Crippen molar-refractivity contribution in [3.05, 3.63) is 12.2 Å². The summed E-state index contributed by atoms with van der Waals surface area (Å²) in [7, 11) is 0. The SMILES string of the molecule is C=C(C)[C@@H]1CC[C@H](C)/C(=N/O)C1. The van der Waals surface area contributed by atoms with Crippen molar-refractivity contribution in [1.29, 1.82) is 0 Å². The van der Waals surface area contributed by atoms with E-state index in [4.69, 9.17) is 5.21 Å². The van der Waals surface area contributed by atoms with Gasteiger partial charge in [-0.15, -0.1) is 0 Å². The Morgan fingerprint density at radius 1 is 1.58 bits per heavy atom. The zero-order chi connectivity index (χ0) is 9.14. The van der Waals surface area contributed by atoms with E-state index in [-0.39, 0.29) is 0 Å². The van der Waals surface area contributed by atoms with Crippen molar-refractivity contribution in [2.24, 2.45) is 17.0 Å². The van der Waals surface area contributed by atoms with Gasteiger partial charge in [-0.3, -0.25) is 0 Å². The minimum absolute atomic E-state index is 0.450. The highest BCUT2D eigenvalue weighted by Gasteiger charge is 2.24. The summed E-state index contributed by atoms with van der Waals surface area (Å²) in [5.74, 6) is 0.984. The molecule has 12 heavy (non-hydrogen) atoms. The Morgan fingerprint density at radius 3 is 2.75 bits per heavy atom. The van der Waals surface area contributed by atoms with Gasteiger partial charge in [0.25, 0.3) is 0 Å². The molecule has 0 saturated heterocycles. The van der Waals surface area contributed by atoms with Gasteiger partial charge in [-0.25, -0.2) is 0 Å². The molecule has 1 saturated carbocycles. The van der Waals surface area contributed by atoms with E-state index in [2.05, 4.69) is 25.6 Å². The summed E-state index contributed by atoms with van der Waals surface area (Å²) in [4.78, 5) is 0. The summed E-state index contributed by atoms with van der Waals surface area (Å²) in [6, 6.07) is 0. The van der Waals surface area contributed by atoms with Crippen LogP contribution < -0.4 is 0 Å². The highest BCUT2D eigenvalue weighted by molar-refractivity contribution is 5.87.